The number of hydrogen-bond acceptors (Lipinski definition) is 3. The second-order valence-corrected chi connectivity index (χ2v) is 8.05. The van der Waals surface area contributed by atoms with Crippen LogP contribution in [-0.4, -0.2) is 24.1 Å². The van der Waals surface area contributed by atoms with E-state index in [9.17, 15) is 4.79 Å². The van der Waals surface area contributed by atoms with Crippen molar-refractivity contribution in [3.63, 3.8) is 0 Å². The standard InChI is InChI=1S/C22H20BrN3OS/c23-20-8-4-5-17-18(20)6-3-7-19(17)21(27)25-22(28)24-15-9-11-16(12-10-15)26-13-1-2-14-26/h3-12H,1-2,13-14H2,(H2,24,25,27,28). The Morgan fingerprint density at radius 2 is 1.61 bits per heavy atom. The summed E-state index contributed by atoms with van der Waals surface area (Å²) in [5.41, 5.74) is 2.67. The number of halogens is 1. The predicted octanol–water partition coefficient (Wildman–Crippen LogP) is 5.33. The Kier molecular flexibility index (Phi) is 5.59. The van der Waals surface area contributed by atoms with Crippen molar-refractivity contribution in [3.05, 3.63) is 70.7 Å². The van der Waals surface area contributed by atoms with Gasteiger partial charge >= 0.3 is 0 Å². The SMILES string of the molecule is O=C(NC(=S)Nc1ccc(N2CCCC2)cc1)c1cccc2c(Br)cccc12. The molecule has 1 aliphatic heterocycles. The molecule has 6 heteroatoms. The first-order chi connectivity index (χ1) is 13.6. The lowest BCUT2D eigenvalue weighted by atomic mass is 10.0. The second-order valence-electron chi connectivity index (χ2n) is 6.79. The number of fused-ring (bicyclic) bond motifs is 1. The highest BCUT2D eigenvalue weighted by molar-refractivity contribution is 9.10. The number of benzene rings is 3. The molecule has 1 aliphatic rings. The summed E-state index contributed by atoms with van der Waals surface area (Å²) in [6.07, 6.45) is 2.50. The van der Waals surface area contributed by atoms with E-state index in [0.717, 1.165) is 34.0 Å². The molecule has 0 saturated carbocycles. The van der Waals surface area contributed by atoms with Crippen molar-refractivity contribution in [3.8, 4) is 0 Å². The topological polar surface area (TPSA) is 44.4 Å². The second kappa shape index (κ2) is 8.29. The van der Waals surface area contributed by atoms with E-state index in [1.807, 2.05) is 42.5 Å². The Bertz CT molecular complexity index is 1030. The molecule has 0 unspecified atom stereocenters. The number of thiocarbonyl (C=S) groups is 1. The van der Waals surface area contributed by atoms with Crippen LogP contribution in [-0.2, 0) is 0 Å². The molecule has 4 rings (SSSR count). The van der Waals surface area contributed by atoms with Gasteiger partial charge in [-0.2, -0.15) is 0 Å². The third-order valence-electron chi connectivity index (χ3n) is 4.94. The lowest BCUT2D eigenvalue weighted by Gasteiger charge is -2.18. The molecule has 0 bridgehead atoms. The monoisotopic (exact) mass is 453 g/mol. The van der Waals surface area contributed by atoms with E-state index in [1.165, 1.54) is 18.5 Å². The summed E-state index contributed by atoms with van der Waals surface area (Å²) in [6.45, 7) is 2.23. The average molecular weight is 454 g/mol. The molecule has 0 aromatic heterocycles. The highest BCUT2D eigenvalue weighted by Gasteiger charge is 2.14. The molecule has 0 radical (unpaired) electrons. The largest absolute Gasteiger partial charge is 0.372 e. The number of hydrogen-bond donors (Lipinski definition) is 2. The van der Waals surface area contributed by atoms with Gasteiger partial charge in [-0.1, -0.05) is 40.2 Å². The number of nitrogens with one attached hydrogen (secondary N) is 2. The van der Waals surface area contributed by atoms with Crippen LogP contribution in [0.1, 0.15) is 23.2 Å². The summed E-state index contributed by atoms with van der Waals surface area (Å²) in [6, 6.07) is 19.6. The Balaban J connectivity index is 1.44. The fourth-order valence-corrected chi connectivity index (χ4v) is 4.24. The lowest BCUT2D eigenvalue weighted by Crippen LogP contribution is -2.34. The van der Waals surface area contributed by atoms with Gasteiger partial charge in [0.2, 0.25) is 0 Å². The van der Waals surface area contributed by atoms with Crippen molar-refractivity contribution in [1.29, 1.82) is 0 Å². The van der Waals surface area contributed by atoms with Crippen molar-refractivity contribution >= 4 is 61.3 Å². The zero-order chi connectivity index (χ0) is 19.5. The van der Waals surface area contributed by atoms with Crippen molar-refractivity contribution in [1.82, 2.24) is 5.32 Å². The maximum atomic E-state index is 12.7. The van der Waals surface area contributed by atoms with Gasteiger partial charge in [-0.3, -0.25) is 10.1 Å². The zero-order valence-electron chi connectivity index (χ0n) is 15.2. The molecule has 2 N–H and O–H groups in total. The number of carbonyl (C=O) groups is 1. The Hall–Kier alpha value is -2.44. The molecule has 1 fully saturated rings. The van der Waals surface area contributed by atoms with Crippen LogP contribution in [0.2, 0.25) is 0 Å². The van der Waals surface area contributed by atoms with Crippen LogP contribution in [0, 0.1) is 0 Å². The first kappa shape index (κ1) is 18.9. The minimum atomic E-state index is -0.227. The summed E-state index contributed by atoms with van der Waals surface area (Å²) in [7, 11) is 0. The normalized spacial score (nSPS) is 13.5. The average Bonchev–Trinajstić information content (AvgIpc) is 3.23. The van der Waals surface area contributed by atoms with E-state index in [-0.39, 0.29) is 11.0 Å². The summed E-state index contributed by atoms with van der Waals surface area (Å²) < 4.78 is 0.957. The first-order valence-corrected chi connectivity index (χ1v) is 10.5. The van der Waals surface area contributed by atoms with Crippen LogP contribution in [0.25, 0.3) is 10.8 Å². The van der Waals surface area contributed by atoms with Gasteiger partial charge < -0.3 is 10.2 Å². The third kappa shape index (κ3) is 4.03. The van der Waals surface area contributed by atoms with Gasteiger partial charge in [-0.25, -0.2) is 0 Å². The van der Waals surface area contributed by atoms with E-state index < -0.39 is 0 Å². The van der Waals surface area contributed by atoms with Gasteiger partial charge in [0.25, 0.3) is 5.91 Å². The van der Waals surface area contributed by atoms with E-state index in [0.29, 0.717) is 5.56 Å². The number of rotatable bonds is 3. The van der Waals surface area contributed by atoms with Crippen LogP contribution in [0.15, 0.2) is 65.1 Å². The predicted molar refractivity (Wildman–Crippen MR) is 123 cm³/mol. The van der Waals surface area contributed by atoms with Crippen molar-refractivity contribution in [2.45, 2.75) is 12.8 Å². The molecule has 1 amide bonds. The van der Waals surface area contributed by atoms with Crippen molar-refractivity contribution in [2.24, 2.45) is 0 Å². The number of amides is 1. The van der Waals surface area contributed by atoms with Gasteiger partial charge in [0.15, 0.2) is 5.11 Å². The molecule has 3 aromatic rings. The molecule has 3 aromatic carbocycles. The summed E-state index contributed by atoms with van der Waals surface area (Å²) in [5.74, 6) is -0.227. The summed E-state index contributed by atoms with van der Waals surface area (Å²) in [4.78, 5) is 15.1. The highest BCUT2D eigenvalue weighted by Crippen LogP contribution is 2.26. The fourth-order valence-electron chi connectivity index (χ4n) is 3.53. The number of carbonyl (C=O) groups excluding carboxylic acids is 1. The molecule has 0 aliphatic carbocycles. The summed E-state index contributed by atoms with van der Waals surface area (Å²) >= 11 is 8.87. The molecule has 4 nitrogen and oxygen atoms in total. The molecular formula is C22H20BrN3OS. The van der Waals surface area contributed by atoms with Crippen molar-refractivity contribution < 1.29 is 4.79 Å². The minimum absolute atomic E-state index is 0.227. The smallest absolute Gasteiger partial charge is 0.258 e. The van der Waals surface area contributed by atoms with Gasteiger partial charge in [-0.05, 0) is 72.2 Å². The van der Waals surface area contributed by atoms with E-state index >= 15 is 0 Å². The van der Waals surface area contributed by atoms with E-state index in [2.05, 4.69) is 43.6 Å². The highest BCUT2D eigenvalue weighted by atomic mass is 79.9. The molecule has 1 heterocycles. The number of anilines is 2. The van der Waals surface area contributed by atoms with Gasteiger partial charge in [0.1, 0.15) is 0 Å². The van der Waals surface area contributed by atoms with Crippen LogP contribution in [0.4, 0.5) is 11.4 Å². The number of nitrogens with zero attached hydrogens (tertiary/aromatic N) is 1. The van der Waals surface area contributed by atoms with Crippen LogP contribution in [0.3, 0.4) is 0 Å². The van der Waals surface area contributed by atoms with Gasteiger partial charge in [0, 0.05) is 34.5 Å². The third-order valence-corrected chi connectivity index (χ3v) is 5.83. The van der Waals surface area contributed by atoms with Crippen LogP contribution in [0.5, 0.6) is 0 Å². The van der Waals surface area contributed by atoms with Crippen LogP contribution < -0.4 is 15.5 Å². The molecular weight excluding hydrogens is 434 g/mol. The van der Waals surface area contributed by atoms with Crippen LogP contribution >= 0.6 is 28.1 Å². The van der Waals surface area contributed by atoms with E-state index in [1.54, 1.807) is 6.07 Å². The first-order valence-electron chi connectivity index (χ1n) is 9.26. The van der Waals surface area contributed by atoms with Gasteiger partial charge in [-0.15, -0.1) is 0 Å². The fraction of sp³-hybridized carbons (Fsp3) is 0.182. The van der Waals surface area contributed by atoms with E-state index in [4.69, 9.17) is 12.2 Å². The Morgan fingerprint density at radius 3 is 2.36 bits per heavy atom. The maximum Gasteiger partial charge on any atom is 0.258 e. The molecule has 28 heavy (non-hydrogen) atoms. The summed E-state index contributed by atoms with van der Waals surface area (Å²) in [5, 5.41) is 8.03. The lowest BCUT2D eigenvalue weighted by molar-refractivity contribution is 0.0979. The molecule has 0 atom stereocenters. The zero-order valence-corrected chi connectivity index (χ0v) is 17.6. The molecule has 1 saturated heterocycles. The van der Waals surface area contributed by atoms with Crippen molar-refractivity contribution in [2.75, 3.05) is 23.3 Å². The van der Waals surface area contributed by atoms with Gasteiger partial charge in [0.05, 0.1) is 0 Å². The Morgan fingerprint density at radius 1 is 0.929 bits per heavy atom. The molecule has 0 spiro atoms. The Labute approximate surface area is 178 Å². The molecule has 142 valence electrons. The quantitative estimate of drug-likeness (QED) is 0.526. The maximum absolute atomic E-state index is 12.7. The minimum Gasteiger partial charge on any atom is -0.372 e.